The number of nitrogens with zero attached hydrogens (tertiary/aromatic N) is 1. The van der Waals surface area contributed by atoms with Gasteiger partial charge in [0.25, 0.3) is 0 Å². The van der Waals surface area contributed by atoms with E-state index in [1.54, 1.807) is 12.0 Å². The van der Waals surface area contributed by atoms with Crippen LogP contribution in [0.2, 0.25) is 0 Å². The number of carbonyl (C=O) groups is 2. The maximum atomic E-state index is 13.7. The van der Waals surface area contributed by atoms with Crippen LogP contribution in [0.4, 0.5) is 0 Å². The number of hydrogen-bond donors (Lipinski definition) is 1. The van der Waals surface area contributed by atoms with Gasteiger partial charge in [-0.15, -0.1) is 0 Å². The van der Waals surface area contributed by atoms with Gasteiger partial charge in [0.05, 0.1) is 7.11 Å². The van der Waals surface area contributed by atoms with Gasteiger partial charge in [0, 0.05) is 25.9 Å². The normalized spacial score (nSPS) is 11.5. The second-order valence-corrected chi connectivity index (χ2v) is 9.21. The first-order valence-corrected chi connectivity index (χ1v) is 12.8. The molecule has 0 fully saturated rings. The Morgan fingerprint density at radius 1 is 0.917 bits per heavy atom. The van der Waals surface area contributed by atoms with Gasteiger partial charge >= 0.3 is 0 Å². The van der Waals surface area contributed by atoms with Crippen LogP contribution >= 0.6 is 0 Å². The molecule has 3 rings (SSSR count). The van der Waals surface area contributed by atoms with E-state index in [0.717, 1.165) is 35.3 Å². The zero-order chi connectivity index (χ0) is 25.8. The van der Waals surface area contributed by atoms with E-state index >= 15 is 0 Å². The van der Waals surface area contributed by atoms with Crippen molar-refractivity contribution in [2.75, 3.05) is 13.7 Å². The van der Waals surface area contributed by atoms with Gasteiger partial charge in [-0.2, -0.15) is 0 Å². The molecular weight excluding hydrogens is 448 g/mol. The number of aryl methyl sites for hydroxylation is 2. The Labute approximate surface area is 215 Å². The van der Waals surface area contributed by atoms with Gasteiger partial charge in [0.15, 0.2) is 0 Å². The Hall–Kier alpha value is -3.60. The van der Waals surface area contributed by atoms with Crippen LogP contribution in [-0.2, 0) is 29.0 Å². The molecule has 1 unspecified atom stereocenters. The van der Waals surface area contributed by atoms with Crippen LogP contribution in [0.15, 0.2) is 78.9 Å². The van der Waals surface area contributed by atoms with E-state index in [0.29, 0.717) is 32.4 Å². The molecule has 0 saturated carbocycles. The number of rotatable bonds is 13. The Morgan fingerprint density at radius 3 is 2.33 bits per heavy atom. The van der Waals surface area contributed by atoms with Crippen LogP contribution in [0.1, 0.15) is 48.4 Å². The van der Waals surface area contributed by atoms with Gasteiger partial charge in [0.1, 0.15) is 11.8 Å². The number of benzene rings is 3. The molecule has 1 atom stereocenters. The van der Waals surface area contributed by atoms with Crippen LogP contribution in [-0.4, -0.2) is 36.4 Å². The van der Waals surface area contributed by atoms with Crippen molar-refractivity contribution < 1.29 is 14.3 Å². The zero-order valence-corrected chi connectivity index (χ0v) is 21.7. The fraction of sp³-hybridized carbons (Fsp3) is 0.355. The molecule has 36 heavy (non-hydrogen) atoms. The zero-order valence-electron chi connectivity index (χ0n) is 21.7. The summed E-state index contributed by atoms with van der Waals surface area (Å²) in [5.74, 6) is 0.579. The van der Waals surface area contributed by atoms with E-state index in [1.165, 1.54) is 5.56 Å². The minimum absolute atomic E-state index is 0.0371. The number of unbranched alkanes of at least 4 members (excludes halogenated alkanes) is 1. The lowest BCUT2D eigenvalue weighted by atomic mass is 10.0. The van der Waals surface area contributed by atoms with Crippen LogP contribution in [0, 0.1) is 6.92 Å². The lowest BCUT2D eigenvalue weighted by Crippen LogP contribution is -2.50. The molecule has 0 radical (unpaired) electrons. The average Bonchev–Trinajstić information content (AvgIpc) is 2.91. The molecule has 0 spiro atoms. The first-order chi connectivity index (χ1) is 17.5. The highest BCUT2D eigenvalue weighted by Gasteiger charge is 2.30. The SMILES string of the molecule is CCCCNC(=O)C(Cc1ccccc1)N(Cc1cccc(OC)c1)C(=O)CCc1ccc(C)cc1. The maximum Gasteiger partial charge on any atom is 0.243 e. The van der Waals surface area contributed by atoms with Crippen molar-refractivity contribution in [1.82, 2.24) is 10.2 Å². The van der Waals surface area contributed by atoms with Crippen LogP contribution in [0.3, 0.4) is 0 Å². The highest BCUT2D eigenvalue weighted by Crippen LogP contribution is 2.20. The molecule has 5 nitrogen and oxygen atoms in total. The summed E-state index contributed by atoms with van der Waals surface area (Å²) < 4.78 is 5.40. The summed E-state index contributed by atoms with van der Waals surface area (Å²) in [5, 5.41) is 3.07. The molecule has 0 aliphatic rings. The molecule has 0 aliphatic heterocycles. The van der Waals surface area contributed by atoms with Crippen molar-refractivity contribution in [3.8, 4) is 5.75 Å². The Balaban J connectivity index is 1.89. The Morgan fingerprint density at radius 2 is 1.64 bits per heavy atom. The largest absolute Gasteiger partial charge is 0.497 e. The number of amides is 2. The number of nitrogens with one attached hydrogen (secondary N) is 1. The minimum Gasteiger partial charge on any atom is -0.497 e. The second-order valence-electron chi connectivity index (χ2n) is 9.21. The average molecular weight is 487 g/mol. The molecule has 0 saturated heterocycles. The van der Waals surface area contributed by atoms with E-state index in [9.17, 15) is 9.59 Å². The molecule has 0 aliphatic carbocycles. The third kappa shape index (κ3) is 8.26. The van der Waals surface area contributed by atoms with Crippen molar-refractivity contribution in [2.24, 2.45) is 0 Å². The van der Waals surface area contributed by atoms with Gasteiger partial charge in [0.2, 0.25) is 11.8 Å². The van der Waals surface area contributed by atoms with Gasteiger partial charge in [-0.1, -0.05) is 85.6 Å². The first kappa shape index (κ1) is 27.0. The van der Waals surface area contributed by atoms with Crippen LogP contribution < -0.4 is 10.1 Å². The molecule has 190 valence electrons. The molecule has 1 N–H and O–H groups in total. The van der Waals surface area contributed by atoms with Crippen molar-refractivity contribution in [2.45, 2.75) is 58.5 Å². The molecule has 5 heteroatoms. The smallest absolute Gasteiger partial charge is 0.243 e. The fourth-order valence-corrected chi connectivity index (χ4v) is 4.18. The summed E-state index contributed by atoms with van der Waals surface area (Å²) in [6.07, 6.45) is 3.32. The lowest BCUT2D eigenvalue weighted by Gasteiger charge is -2.32. The van der Waals surface area contributed by atoms with Crippen molar-refractivity contribution in [3.05, 3.63) is 101 Å². The predicted octanol–water partition coefficient (Wildman–Crippen LogP) is 5.49. The molecule has 3 aromatic rings. The number of carbonyl (C=O) groups excluding carboxylic acids is 2. The highest BCUT2D eigenvalue weighted by atomic mass is 16.5. The number of ether oxygens (including phenoxy) is 1. The summed E-state index contributed by atoms with van der Waals surface area (Å²) in [6, 6.07) is 25.2. The monoisotopic (exact) mass is 486 g/mol. The van der Waals surface area contributed by atoms with E-state index in [4.69, 9.17) is 4.74 Å². The molecule has 2 amide bonds. The first-order valence-electron chi connectivity index (χ1n) is 12.8. The fourth-order valence-electron chi connectivity index (χ4n) is 4.18. The number of hydrogen-bond acceptors (Lipinski definition) is 3. The van der Waals surface area contributed by atoms with Crippen LogP contribution in [0.5, 0.6) is 5.75 Å². The van der Waals surface area contributed by atoms with Gasteiger partial charge in [-0.05, 0) is 48.6 Å². The van der Waals surface area contributed by atoms with Crippen molar-refractivity contribution >= 4 is 11.8 Å². The number of methoxy groups -OCH3 is 1. The Bertz CT molecular complexity index is 1100. The van der Waals surface area contributed by atoms with Gasteiger partial charge in [-0.25, -0.2) is 0 Å². The molecule has 0 bridgehead atoms. The van der Waals surface area contributed by atoms with E-state index < -0.39 is 6.04 Å². The van der Waals surface area contributed by atoms with E-state index in [2.05, 4.69) is 43.4 Å². The summed E-state index contributed by atoms with van der Waals surface area (Å²) in [4.78, 5) is 28.9. The van der Waals surface area contributed by atoms with E-state index in [-0.39, 0.29) is 11.8 Å². The topological polar surface area (TPSA) is 58.6 Å². The molecule has 0 aromatic heterocycles. The van der Waals surface area contributed by atoms with Crippen molar-refractivity contribution in [1.29, 1.82) is 0 Å². The summed E-state index contributed by atoms with van der Waals surface area (Å²) in [7, 11) is 1.63. The molecular formula is C31H38N2O3. The third-order valence-electron chi connectivity index (χ3n) is 6.34. The van der Waals surface area contributed by atoms with Crippen LogP contribution in [0.25, 0.3) is 0 Å². The minimum atomic E-state index is -0.610. The van der Waals surface area contributed by atoms with E-state index in [1.807, 2.05) is 54.6 Å². The van der Waals surface area contributed by atoms with Gasteiger partial charge in [-0.3, -0.25) is 9.59 Å². The van der Waals surface area contributed by atoms with Crippen molar-refractivity contribution in [3.63, 3.8) is 0 Å². The predicted molar refractivity (Wildman–Crippen MR) is 145 cm³/mol. The molecule has 3 aromatic carbocycles. The molecule has 0 heterocycles. The quantitative estimate of drug-likeness (QED) is 0.325. The Kier molecular flexibility index (Phi) is 10.6. The summed E-state index contributed by atoms with van der Waals surface area (Å²) >= 11 is 0. The van der Waals surface area contributed by atoms with Gasteiger partial charge < -0.3 is 15.0 Å². The standard InChI is InChI=1S/C31H38N2O3/c1-4-5-20-32-31(35)29(22-26-10-7-6-8-11-26)33(23-27-12-9-13-28(21-27)36-3)30(34)19-18-25-16-14-24(2)15-17-25/h6-17,21,29H,4-5,18-20,22-23H2,1-3H3,(H,32,35). The lowest BCUT2D eigenvalue weighted by molar-refractivity contribution is -0.141. The summed E-state index contributed by atoms with van der Waals surface area (Å²) in [5.41, 5.74) is 4.26. The second kappa shape index (κ2) is 14.1. The highest BCUT2D eigenvalue weighted by molar-refractivity contribution is 5.88. The third-order valence-corrected chi connectivity index (χ3v) is 6.34. The summed E-state index contributed by atoms with van der Waals surface area (Å²) in [6.45, 7) is 5.08. The maximum absolute atomic E-state index is 13.7.